The first-order chi connectivity index (χ1) is 25.0. The molecule has 0 saturated heterocycles. The lowest BCUT2D eigenvalue weighted by Crippen LogP contribution is -2.36. The van der Waals surface area contributed by atoms with Gasteiger partial charge < -0.3 is 30.7 Å². The predicted molar refractivity (Wildman–Crippen MR) is 209 cm³/mol. The highest BCUT2D eigenvalue weighted by molar-refractivity contribution is 6.36. The van der Waals surface area contributed by atoms with Crippen LogP contribution >= 0.6 is 23.2 Å². The van der Waals surface area contributed by atoms with Crippen molar-refractivity contribution in [1.29, 1.82) is 0 Å². The van der Waals surface area contributed by atoms with Crippen LogP contribution in [0.5, 0.6) is 0 Å². The zero-order valence-corrected chi connectivity index (χ0v) is 31.5. The van der Waals surface area contributed by atoms with E-state index in [4.69, 9.17) is 33.2 Å². The van der Waals surface area contributed by atoms with E-state index in [2.05, 4.69) is 27.4 Å². The molecule has 3 aliphatic rings. The molecule has 53 heavy (non-hydrogen) atoms. The summed E-state index contributed by atoms with van der Waals surface area (Å²) in [6.07, 6.45) is 4.92. The van der Waals surface area contributed by atoms with Crippen LogP contribution in [0.25, 0.3) is 33.3 Å². The van der Waals surface area contributed by atoms with E-state index < -0.39 is 34.8 Å². The number of hydrogen-bond donors (Lipinski definition) is 7. The van der Waals surface area contributed by atoms with E-state index in [1.807, 2.05) is 39.0 Å². The maximum Gasteiger partial charge on any atom is 0.310 e. The topological polar surface area (TPSA) is 176 Å². The Labute approximate surface area is 315 Å². The number of carboxylic acids is 2. The van der Waals surface area contributed by atoms with Crippen LogP contribution < -0.4 is 21.5 Å². The van der Waals surface area contributed by atoms with Crippen LogP contribution in [0.2, 0.25) is 10.0 Å². The Hall–Kier alpha value is -5.36. The fourth-order valence-corrected chi connectivity index (χ4v) is 7.66. The number of H-pyrrole nitrogens is 2. The number of hydrogen-bond acceptors (Lipinski definition) is 7. The van der Waals surface area contributed by atoms with Crippen molar-refractivity contribution in [1.82, 2.24) is 25.4 Å². The predicted octanol–water partition coefficient (Wildman–Crippen LogP) is 6.51. The Morgan fingerprint density at radius 2 is 1.70 bits per heavy atom. The number of anilines is 1. The second-order valence-corrected chi connectivity index (χ2v) is 14.5. The van der Waals surface area contributed by atoms with Crippen LogP contribution in [0.15, 0.2) is 73.5 Å². The highest BCUT2D eigenvalue weighted by atomic mass is 35.5. The van der Waals surface area contributed by atoms with Crippen LogP contribution in [0, 0.1) is 18.8 Å². The Kier molecular flexibility index (Phi) is 9.80. The van der Waals surface area contributed by atoms with E-state index in [0.29, 0.717) is 77.0 Å². The third-order valence-electron chi connectivity index (χ3n) is 10.4. The molecule has 1 aromatic carbocycles. The molecule has 11 nitrogen and oxygen atoms in total. The zero-order chi connectivity index (χ0) is 38.6. The summed E-state index contributed by atoms with van der Waals surface area (Å²) in [5.74, 6) is -3.90. The van der Waals surface area contributed by atoms with Gasteiger partial charge in [-0.15, -0.1) is 6.58 Å². The minimum Gasteiger partial charge on any atom is -0.481 e. The fraction of sp³-hybridized carbons (Fsp3) is 0.250. The van der Waals surface area contributed by atoms with Gasteiger partial charge in [0.1, 0.15) is 5.60 Å². The van der Waals surface area contributed by atoms with Crippen LogP contribution in [-0.2, 0) is 20.6 Å². The first-order valence-electron chi connectivity index (χ1n) is 16.9. The number of carboxylic acid groups (broad SMARTS) is 2. The van der Waals surface area contributed by atoms with Crippen molar-refractivity contribution in [3.63, 3.8) is 0 Å². The van der Waals surface area contributed by atoms with Gasteiger partial charge in [0.25, 0.3) is 0 Å². The van der Waals surface area contributed by atoms with Crippen LogP contribution in [0.1, 0.15) is 63.0 Å². The Morgan fingerprint density at radius 1 is 0.962 bits per heavy atom. The van der Waals surface area contributed by atoms with Gasteiger partial charge in [-0.2, -0.15) is 0 Å². The number of carbonyl (C=O) groups is 2. The fourth-order valence-electron chi connectivity index (χ4n) is 7.21. The molecule has 0 amide bonds. The van der Waals surface area contributed by atoms with E-state index >= 15 is 0 Å². The van der Waals surface area contributed by atoms with Gasteiger partial charge in [-0.25, -0.2) is 4.98 Å². The average Bonchev–Trinajstić information content (AvgIpc) is 3.75. The SMILES string of the molecule is C=CC1(C(C)C(=O)O)C(C)=c2cc3nc(cc4cc(C)c(cc5[nH]c(cc1n2)C(C)(O)C=5C=CNNc1ccc(Cl)cc1Cl)[nH]4)C(C(C)C(=O)O)=C3C. The van der Waals surface area contributed by atoms with Crippen molar-refractivity contribution in [2.45, 2.75) is 52.6 Å². The number of halogens is 2. The van der Waals surface area contributed by atoms with Crippen molar-refractivity contribution in [2.75, 3.05) is 5.43 Å². The molecule has 274 valence electrons. The lowest BCUT2D eigenvalue weighted by molar-refractivity contribution is -0.142. The molecule has 2 aromatic heterocycles. The van der Waals surface area contributed by atoms with Gasteiger partial charge >= 0.3 is 11.9 Å². The Balaban J connectivity index is 1.67. The number of aliphatic carboxylic acids is 2. The summed E-state index contributed by atoms with van der Waals surface area (Å²) in [6, 6.07) is 14.1. The normalized spacial score (nSPS) is 20.3. The standard InChI is InChI=1S/C40H40Cl2N6O5/c1-8-40(23(6)38(51)52)22(5)31-17-30-20(3)36(21(4)37(49)50)33(45-30)15-25-13-19(2)29(44-25)16-32-26(39(7,53)34(47-32)18-35(40)46-31)11-12-43-48-28-10-9-24(41)14-27(28)42/h8-18,21,23,43-44,47-48,53H,1H2,2-7H3,(H,49,50)(H,51,52). The molecule has 3 aliphatic heterocycles. The lowest BCUT2D eigenvalue weighted by Gasteiger charge is -2.32. The highest BCUT2D eigenvalue weighted by Gasteiger charge is 2.46. The number of fused-ring (bicyclic) bond motifs is 8. The van der Waals surface area contributed by atoms with Crippen molar-refractivity contribution in [3.05, 3.63) is 123 Å². The second-order valence-electron chi connectivity index (χ2n) is 13.7. The minimum atomic E-state index is -1.60. The van der Waals surface area contributed by atoms with Gasteiger partial charge in [-0.1, -0.05) is 36.2 Å². The number of nitrogens with one attached hydrogen (secondary N) is 4. The number of allylic oxidation sites excluding steroid dienone is 2. The second kappa shape index (κ2) is 13.9. The quantitative estimate of drug-likeness (QED) is 0.0949. The molecule has 0 fully saturated rings. The molecule has 0 saturated carbocycles. The molecular weight excluding hydrogens is 715 g/mol. The number of rotatable bonds is 9. The summed E-state index contributed by atoms with van der Waals surface area (Å²) in [7, 11) is 0. The summed E-state index contributed by atoms with van der Waals surface area (Å²) < 4.78 is 0. The van der Waals surface area contributed by atoms with E-state index in [9.17, 15) is 24.9 Å². The summed E-state index contributed by atoms with van der Waals surface area (Å²) in [5, 5.41) is 34.6. The van der Waals surface area contributed by atoms with Crippen LogP contribution in [0.4, 0.5) is 5.69 Å². The first kappa shape index (κ1) is 37.4. The molecule has 13 heteroatoms. The molecule has 3 aromatic rings. The van der Waals surface area contributed by atoms with Crippen molar-refractivity contribution < 1.29 is 24.9 Å². The number of benzene rings is 1. The summed E-state index contributed by atoms with van der Waals surface area (Å²) in [4.78, 5) is 41.6. The third kappa shape index (κ3) is 6.49. The number of aromatic amines is 2. The molecule has 4 unspecified atom stereocenters. The van der Waals surface area contributed by atoms with E-state index in [0.717, 1.165) is 11.1 Å². The van der Waals surface area contributed by atoms with Gasteiger partial charge in [0.15, 0.2) is 0 Å². The number of aromatic nitrogens is 4. The molecule has 0 spiro atoms. The van der Waals surface area contributed by atoms with Crippen molar-refractivity contribution in [2.24, 2.45) is 11.8 Å². The molecule has 6 rings (SSSR count). The van der Waals surface area contributed by atoms with Gasteiger partial charge in [-0.3, -0.25) is 20.0 Å². The van der Waals surface area contributed by atoms with Gasteiger partial charge in [0.2, 0.25) is 0 Å². The zero-order valence-electron chi connectivity index (χ0n) is 30.0. The molecule has 0 aliphatic carbocycles. The molecule has 0 radical (unpaired) electrons. The number of nitrogens with zero attached hydrogens (tertiary/aromatic N) is 2. The van der Waals surface area contributed by atoms with Gasteiger partial charge in [0.05, 0.1) is 56.1 Å². The first-order valence-corrected chi connectivity index (χ1v) is 17.6. The highest BCUT2D eigenvalue weighted by Crippen LogP contribution is 2.43. The van der Waals surface area contributed by atoms with Gasteiger partial charge in [-0.05, 0) is 112 Å². The van der Waals surface area contributed by atoms with Gasteiger partial charge in [0, 0.05) is 33.2 Å². The number of aryl methyl sites for hydroxylation is 1. The molecule has 8 bridgehead atoms. The van der Waals surface area contributed by atoms with E-state index in [-0.39, 0.29) is 0 Å². The van der Waals surface area contributed by atoms with Crippen molar-refractivity contribution >= 4 is 74.2 Å². The molecule has 7 N–H and O–H groups in total. The largest absolute Gasteiger partial charge is 0.481 e. The van der Waals surface area contributed by atoms with Crippen LogP contribution in [-0.4, -0.2) is 47.2 Å². The van der Waals surface area contributed by atoms with E-state index in [1.165, 1.54) is 0 Å². The smallest absolute Gasteiger partial charge is 0.310 e. The third-order valence-corrected chi connectivity index (χ3v) is 11.0. The minimum absolute atomic E-state index is 0.358. The Morgan fingerprint density at radius 3 is 2.36 bits per heavy atom. The van der Waals surface area contributed by atoms with Crippen LogP contribution in [0.3, 0.4) is 0 Å². The van der Waals surface area contributed by atoms with E-state index in [1.54, 1.807) is 69.5 Å². The monoisotopic (exact) mass is 754 g/mol. The summed E-state index contributed by atoms with van der Waals surface area (Å²) in [6.45, 7) is 14.5. The number of aliphatic hydroxyl groups is 1. The number of hydrazine groups is 1. The average molecular weight is 756 g/mol. The molecular formula is C40H40Cl2N6O5. The summed E-state index contributed by atoms with van der Waals surface area (Å²) >= 11 is 12.4. The maximum atomic E-state index is 12.7. The molecule has 4 atom stereocenters. The van der Waals surface area contributed by atoms with Crippen molar-refractivity contribution in [3.8, 4) is 0 Å². The molecule has 5 heterocycles. The summed E-state index contributed by atoms with van der Waals surface area (Å²) in [5.41, 5.74) is 10.1. The Bertz CT molecular complexity index is 2480. The maximum absolute atomic E-state index is 12.7. The lowest BCUT2D eigenvalue weighted by atomic mass is 9.69.